The monoisotopic (exact) mass is 207 g/mol. The predicted molar refractivity (Wildman–Crippen MR) is 54.2 cm³/mol. The van der Waals surface area contributed by atoms with E-state index in [2.05, 4.69) is 4.98 Å². The van der Waals surface area contributed by atoms with Crippen LogP contribution in [0.3, 0.4) is 0 Å². The Labute approximate surface area is 87.9 Å². The third-order valence-corrected chi connectivity index (χ3v) is 2.45. The fourth-order valence-electron chi connectivity index (χ4n) is 1.33. The van der Waals surface area contributed by atoms with Crippen LogP contribution in [0.15, 0.2) is 12.1 Å². The van der Waals surface area contributed by atoms with E-state index in [0.717, 1.165) is 0 Å². The fourth-order valence-corrected chi connectivity index (χ4v) is 1.33. The van der Waals surface area contributed by atoms with Crippen LogP contribution in [0.2, 0.25) is 0 Å². The highest BCUT2D eigenvalue weighted by Crippen LogP contribution is 2.29. The van der Waals surface area contributed by atoms with Crippen molar-refractivity contribution in [3.8, 4) is 5.88 Å². The third-order valence-electron chi connectivity index (χ3n) is 2.45. The predicted octanol–water partition coefficient (Wildman–Crippen LogP) is 1.88. The molecule has 0 bridgehead atoms. The van der Waals surface area contributed by atoms with Crippen LogP contribution < -0.4 is 4.74 Å². The van der Waals surface area contributed by atoms with Crippen LogP contribution >= 0.6 is 0 Å². The Morgan fingerprint density at radius 1 is 1.60 bits per heavy atom. The van der Waals surface area contributed by atoms with E-state index in [4.69, 9.17) is 9.84 Å². The first-order valence-electron chi connectivity index (χ1n) is 5.00. The molecule has 0 unspecified atom stereocenters. The minimum absolute atomic E-state index is 0.230. The lowest BCUT2D eigenvalue weighted by Crippen LogP contribution is -2.05. The molecule has 4 heteroatoms. The molecule has 1 N–H and O–H groups in total. The summed E-state index contributed by atoms with van der Waals surface area (Å²) in [4.78, 5) is 14.8. The highest BCUT2D eigenvalue weighted by molar-refractivity contribution is 5.88. The Kier molecular flexibility index (Phi) is 2.58. The molecule has 15 heavy (non-hydrogen) atoms. The molecule has 1 aliphatic rings. The van der Waals surface area contributed by atoms with E-state index in [-0.39, 0.29) is 5.56 Å². The Hall–Kier alpha value is -1.58. The van der Waals surface area contributed by atoms with Crippen molar-refractivity contribution in [1.82, 2.24) is 4.98 Å². The Bertz CT molecular complexity index is 385. The lowest BCUT2D eigenvalue weighted by molar-refractivity contribution is 0.0695. The van der Waals surface area contributed by atoms with Crippen LogP contribution in [0.5, 0.6) is 5.88 Å². The number of aryl methyl sites for hydroxylation is 1. The van der Waals surface area contributed by atoms with E-state index in [1.807, 2.05) is 0 Å². The number of carboxylic acids is 1. The number of aromatic nitrogens is 1. The number of ether oxygens (including phenoxy) is 1. The molecule has 0 aromatic carbocycles. The van der Waals surface area contributed by atoms with Crippen molar-refractivity contribution in [2.24, 2.45) is 5.92 Å². The molecule has 4 nitrogen and oxygen atoms in total. The van der Waals surface area contributed by atoms with Crippen LogP contribution in [0, 0.1) is 12.8 Å². The summed E-state index contributed by atoms with van der Waals surface area (Å²) in [5.74, 6) is 0.240. The molecule has 0 aliphatic heterocycles. The molecule has 1 heterocycles. The molecule has 0 saturated heterocycles. The lowest BCUT2D eigenvalue weighted by atomic mass is 10.2. The van der Waals surface area contributed by atoms with Crippen molar-refractivity contribution in [2.45, 2.75) is 19.8 Å². The van der Waals surface area contributed by atoms with E-state index >= 15 is 0 Å². The van der Waals surface area contributed by atoms with Crippen LogP contribution in [0.4, 0.5) is 0 Å². The van der Waals surface area contributed by atoms with Gasteiger partial charge in [-0.05, 0) is 31.7 Å². The number of rotatable bonds is 4. The van der Waals surface area contributed by atoms with Crippen molar-refractivity contribution in [3.63, 3.8) is 0 Å². The second-order valence-electron chi connectivity index (χ2n) is 3.84. The standard InChI is InChI=1S/C11H13NO3/c1-7-9(11(13)14)4-5-10(12-7)15-6-8-2-3-8/h4-5,8H,2-3,6H2,1H3,(H,13,14). The SMILES string of the molecule is Cc1nc(OCC2CC2)ccc1C(=O)O. The third kappa shape index (κ3) is 2.46. The largest absolute Gasteiger partial charge is 0.478 e. The van der Waals surface area contributed by atoms with Gasteiger partial charge in [0.2, 0.25) is 5.88 Å². The summed E-state index contributed by atoms with van der Waals surface area (Å²) in [6.07, 6.45) is 2.46. The summed E-state index contributed by atoms with van der Waals surface area (Å²) in [6.45, 7) is 2.37. The van der Waals surface area contributed by atoms with Crippen molar-refractivity contribution in [2.75, 3.05) is 6.61 Å². The second-order valence-corrected chi connectivity index (χ2v) is 3.84. The summed E-state index contributed by atoms with van der Waals surface area (Å²) >= 11 is 0. The molecular weight excluding hydrogens is 194 g/mol. The normalized spacial score (nSPS) is 15.0. The molecule has 1 fully saturated rings. The van der Waals surface area contributed by atoms with E-state index in [1.54, 1.807) is 13.0 Å². The summed E-state index contributed by atoms with van der Waals surface area (Å²) in [6, 6.07) is 3.14. The van der Waals surface area contributed by atoms with Crippen LogP contribution in [-0.4, -0.2) is 22.7 Å². The Morgan fingerprint density at radius 3 is 2.87 bits per heavy atom. The Morgan fingerprint density at radius 2 is 2.33 bits per heavy atom. The highest BCUT2D eigenvalue weighted by atomic mass is 16.5. The average Bonchev–Trinajstić information content (AvgIpc) is 2.97. The van der Waals surface area contributed by atoms with Gasteiger partial charge >= 0.3 is 5.97 Å². The summed E-state index contributed by atoms with van der Waals surface area (Å²) in [5.41, 5.74) is 0.726. The van der Waals surface area contributed by atoms with Gasteiger partial charge in [0.25, 0.3) is 0 Å². The van der Waals surface area contributed by atoms with Gasteiger partial charge in [-0.3, -0.25) is 0 Å². The molecule has 1 aromatic rings. The zero-order chi connectivity index (χ0) is 10.8. The minimum Gasteiger partial charge on any atom is -0.478 e. The van der Waals surface area contributed by atoms with E-state index in [1.165, 1.54) is 18.9 Å². The lowest BCUT2D eigenvalue weighted by Gasteiger charge is -2.06. The van der Waals surface area contributed by atoms with Crippen LogP contribution in [0.25, 0.3) is 0 Å². The van der Waals surface area contributed by atoms with E-state index < -0.39 is 5.97 Å². The first-order valence-corrected chi connectivity index (χ1v) is 5.00. The molecule has 0 spiro atoms. The van der Waals surface area contributed by atoms with Crippen molar-refractivity contribution >= 4 is 5.97 Å². The number of aromatic carboxylic acids is 1. The quantitative estimate of drug-likeness (QED) is 0.818. The van der Waals surface area contributed by atoms with E-state index in [9.17, 15) is 4.79 Å². The van der Waals surface area contributed by atoms with Gasteiger partial charge in [0.15, 0.2) is 0 Å². The summed E-state index contributed by atoms with van der Waals surface area (Å²) < 4.78 is 5.44. The zero-order valence-corrected chi connectivity index (χ0v) is 8.56. The first-order chi connectivity index (χ1) is 7.16. The van der Waals surface area contributed by atoms with Crippen molar-refractivity contribution < 1.29 is 14.6 Å². The van der Waals surface area contributed by atoms with Crippen LogP contribution in [-0.2, 0) is 0 Å². The first kappa shape index (κ1) is 9.96. The average molecular weight is 207 g/mol. The maximum absolute atomic E-state index is 10.7. The maximum atomic E-state index is 10.7. The number of hydrogen-bond donors (Lipinski definition) is 1. The van der Waals surface area contributed by atoms with Gasteiger partial charge in [0.05, 0.1) is 17.9 Å². The molecule has 80 valence electrons. The van der Waals surface area contributed by atoms with Gasteiger partial charge in [-0.15, -0.1) is 0 Å². The molecule has 0 amide bonds. The number of carboxylic acid groups (broad SMARTS) is 1. The molecule has 1 saturated carbocycles. The van der Waals surface area contributed by atoms with Gasteiger partial charge in [-0.1, -0.05) is 0 Å². The van der Waals surface area contributed by atoms with Crippen LogP contribution in [0.1, 0.15) is 28.9 Å². The molecular formula is C11H13NO3. The molecule has 2 rings (SSSR count). The maximum Gasteiger partial charge on any atom is 0.337 e. The minimum atomic E-state index is -0.950. The fraction of sp³-hybridized carbons (Fsp3) is 0.455. The van der Waals surface area contributed by atoms with Gasteiger partial charge in [-0.2, -0.15) is 0 Å². The van der Waals surface area contributed by atoms with Gasteiger partial charge in [0, 0.05) is 6.07 Å². The molecule has 1 aliphatic carbocycles. The number of carbonyl (C=O) groups is 1. The Balaban J connectivity index is 2.06. The van der Waals surface area contributed by atoms with Gasteiger partial charge < -0.3 is 9.84 Å². The molecule has 0 atom stereocenters. The van der Waals surface area contributed by atoms with Crippen molar-refractivity contribution in [1.29, 1.82) is 0 Å². The second kappa shape index (κ2) is 3.88. The zero-order valence-electron chi connectivity index (χ0n) is 8.56. The summed E-state index contributed by atoms with van der Waals surface area (Å²) in [5, 5.41) is 8.80. The number of pyridine rings is 1. The van der Waals surface area contributed by atoms with Gasteiger partial charge in [-0.25, -0.2) is 9.78 Å². The van der Waals surface area contributed by atoms with E-state index in [0.29, 0.717) is 24.1 Å². The van der Waals surface area contributed by atoms with Crippen molar-refractivity contribution in [3.05, 3.63) is 23.4 Å². The molecule has 0 radical (unpaired) electrons. The summed E-state index contributed by atoms with van der Waals surface area (Å²) in [7, 11) is 0. The smallest absolute Gasteiger partial charge is 0.337 e. The topological polar surface area (TPSA) is 59.4 Å². The number of nitrogens with zero attached hydrogens (tertiary/aromatic N) is 1. The highest BCUT2D eigenvalue weighted by Gasteiger charge is 2.22. The molecule has 1 aromatic heterocycles. The number of hydrogen-bond acceptors (Lipinski definition) is 3. The van der Waals surface area contributed by atoms with Gasteiger partial charge in [0.1, 0.15) is 0 Å².